The highest BCUT2D eigenvalue weighted by Gasteiger charge is 2.19. The van der Waals surface area contributed by atoms with Crippen LogP contribution in [-0.4, -0.2) is 11.1 Å². The predicted molar refractivity (Wildman–Crippen MR) is 77.6 cm³/mol. The molecule has 17 heavy (non-hydrogen) atoms. The van der Waals surface area contributed by atoms with Crippen molar-refractivity contribution in [3.05, 3.63) is 38.8 Å². The van der Waals surface area contributed by atoms with Crippen LogP contribution in [0.25, 0.3) is 5.57 Å². The first kappa shape index (κ1) is 14.5. The van der Waals surface area contributed by atoms with Crippen LogP contribution in [0.3, 0.4) is 0 Å². The Kier molecular flexibility index (Phi) is 5.40. The molecule has 0 spiro atoms. The van der Waals surface area contributed by atoms with Crippen LogP contribution in [0.2, 0.25) is 0 Å². The fourth-order valence-corrected chi connectivity index (χ4v) is 2.44. The summed E-state index contributed by atoms with van der Waals surface area (Å²) < 4.78 is 0.466. The summed E-state index contributed by atoms with van der Waals surface area (Å²) in [6.45, 7) is 4.19. The quantitative estimate of drug-likeness (QED) is 0.786. The van der Waals surface area contributed by atoms with Crippen molar-refractivity contribution in [1.29, 1.82) is 0 Å². The van der Waals surface area contributed by atoms with Gasteiger partial charge in [-0.2, -0.15) is 0 Å². The van der Waals surface area contributed by atoms with E-state index >= 15 is 0 Å². The number of rotatable bonds is 4. The summed E-state index contributed by atoms with van der Waals surface area (Å²) in [5.41, 5.74) is 2.09. The summed E-state index contributed by atoms with van der Waals surface area (Å²) in [6.07, 6.45) is 0.976. The van der Waals surface area contributed by atoms with Crippen LogP contribution in [0.4, 0.5) is 0 Å². The largest absolute Gasteiger partial charge is 0.478 e. The molecule has 0 aromatic heterocycles. The number of hydrogen-bond donors (Lipinski definition) is 1. The number of carboxylic acid groups (broad SMARTS) is 1. The maximum atomic E-state index is 11.3. The van der Waals surface area contributed by atoms with E-state index in [1.54, 1.807) is 0 Å². The standard InChI is InChI=1S/C13H14Br2O2/c1-3-8(2)9-6-4-5-7-10(9)11(12(14)15)13(16)17/h4-8H,3H2,1-2H3,(H,16,17). The zero-order valence-electron chi connectivity index (χ0n) is 9.71. The van der Waals surface area contributed by atoms with E-state index in [0.29, 0.717) is 9.31 Å². The van der Waals surface area contributed by atoms with Gasteiger partial charge in [-0.15, -0.1) is 0 Å². The second-order valence-corrected chi connectivity index (χ2v) is 6.49. The predicted octanol–water partition coefficient (Wildman–Crippen LogP) is 4.74. The first-order chi connectivity index (χ1) is 7.99. The van der Waals surface area contributed by atoms with Crippen LogP contribution in [0.1, 0.15) is 37.3 Å². The van der Waals surface area contributed by atoms with E-state index in [4.69, 9.17) is 0 Å². The highest BCUT2D eigenvalue weighted by molar-refractivity contribution is 9.28. The molecule has 0 saturated carbocycles. The fourth-order valence-electron chi connectivity index (χ4n) is 1.67. The fraction of sp³-hybridized carbons (Fsp3) is 0.308. The van der Waals surface area contributed by atoms with Gasteiger partial charge in [-0.3, -0.25) is 0 Å². The van der Waals surface area contributed by atoms with Crippen molar-refractivity contribution in [3.8, 4) is 0 Å². The van der Waals surface area contributed by atoms with E-state index in [2.05, 4.69) is 45.7 Å². The normalized spacial score (nSPS) is 12.0. The summed E-state index contributed by atoms with van der Waals surface area (Å²) >= 11 is 6.40. The van der Waals surface area contributed by atoms with Crippen molar-refractivity contribution >= 4 is 43.4 Å². The molecule has 1 atom stereocenters. The summed E-state index contributed by atoms with van der Waals surface area (Å²) in [5, 5.41) is 9.26. The number of halogens is 2. The second-order valence-electron chi connectivity index (χ2n) is 3.84. The van der Waals surface area contributed by atoms with Gasteiger partial charge in [-0.25, -0.2) is 4.79 Å². The highest BCUT2D eigenvalue weighted by atomic mass is 79.9. The minimum absolute atomic E-state index is 0.265. The van der Waals surface area contributed by atoms with E-state index in [1.807, 2.05) is 24.3 Å². The first-order valence-corrected chi connectivity index (χ1v) is 6.95. The van der Waals surface area contributed by atoms with Crippen LogP contribution in [-0.2, 0) is 4.79 Å². The lowest BCUT2D eigenvalue weighted by atomic mass is 9.90. The van der Waals surface area contributed by atoms with Crippen molar-refractivity contribution < 1.29 is 9.90 Å². The van der Waals surface area contributed by atoms with Crippen molar-refractivity contribution in [2.45, 2.75) is 26.2 Å². The van der Waals surface area contributed by atoms with Gasteiger partial charge >= 0.3 is 5.97 Å². The Morgan fingerprint density at radius 2 is 1.94 bits per heavy atom. The Balaban J connectivity index is 3.40. The molecule has 0 aliphatic carbocycles. The molecule has 0 aliphatic rings. The molecule has 1 rings (SSSR count). The van der Waals surface area contributed by atoms with Gasteiger partial charge in [0.05, 0.1) is 8.96 Å². The average molecular weight is 362 g/mol. The van der Waals surface area contributed by atoms with Crippen LogP contribution in [0, 0.1) is 0 Å². The van der Waals surface area contributed by atoms with Crippen LogP contribution < -0.4 is 0 Å². The molecule has 1 N–H and O–H groups in total. The molecule has 1 aromatic carbocycles. The molecule has 92 valence electrons. The average Bonchev–Trinajstić information content (AvgIpc) is 2.28. The van der Waals surface area contributed by atoms with Crippen LogP contribution in [0.15, 0.2) is 27.7 Å². The van der Waals surface area contributed by atoms with Crippen molar-refractivity contribution in [3.63, 3.8) is 0 Å². The minimum atomic E-state index is -0.940. The molecule has 0 aliphatic heterocycles. The van der Waals surface area contributed by atoms with Gasteiger partial charge in [0.25, 0.3) is 0 Å². The van der Waals surface area contributed by atoms with Gasteiger partial charge in [0.1, 0.15) is 0 Å². The summed E-state index contributed by atoms with van der Waals surface area (Å²) in [7, 11) is 0. The van der Waals surface area contributed by atoms with Crippen LogP contribution in [0.5, 0.6) is 0 Å². The summed E-state index contributed by atoms with van der Waals surface area (Å²) in [6, 6.07) is 7.61. The van der Waals surface area contributed by atoms with Crippen molar-refractivity contribution in [2.75, 3.05) is 0 Å². The zero-order valence-corrected chi connectivity index (χ0v) is 12.9. The second kappa shape index (κ2) is 6.36. The molecule has 2 nitrogen and oxygen atoms in total. The van der Waals surface area contributed by atoms with Gasteiger partial charge in [0, 0.05) is 0 Å². The third-order valence-corrected chi connectivity index (χ3v) is 3.57. The number of aliphatic carboxylic acids is 1. The van der Waals surface area contributed by atoms with Gasteiger partial charge in [0.2, 0.25) is 0 Å². The highest BCUT2D eigenvalue weighted by Crippen LogP contribution is 2.33. The van der Waals surface area contributed by atoms with Gasteiger partial charge in [-0.05, 0) is 55.3 Å². The van der Waals surface area contributed by atoms with E-state index in [1.165, 1.54) is 0 Å². The number of carbonyl (C=O) groups is 1. The molecule has 0 amide bonds. The molecule has 0 radical (unpaired) electrons. The summed E-state index contributed by atoms with van der Waals surface area (Å²) in [4.78, 5) is 11.3. The maximum Gasteiger partial charge on any atom is 0.338 e. The number of carboxylic acids is 1. The smallest absolute Gasteiger partial charge is 0.338 e. The molecular weight excluding hydrogens is 348 g/mol. The Labute approximate surface area is 118 Å². The lowest BCUT2D eigenvalue weighted by Gasteiger charge is -2.15. The Hall–Kier alpha value is -0.610. The zero-order chi connectivity index (χ0) is 13.0. The molecule has 1 aromatic rings. The van der Waals surface area contributed by atoms with E-state index < -0.39 is 5.97 Å². The van der Waals surface area contributed by atoms with Gasteiger partial charge in [-0.1, -0.05) is 38.1 Å². The first-order valence-electron chi connectivity index (χ1n) is 5.36. The Bertz CT molecular complexity index is 448. The van der Waals surface area contributed by atoms with E-state index in [0.717, 1.165) is 17.5 Å². The maximum absolute atomic E-state index is 11.3. The third-order valence-electron chi connectivity index (χ3n) is 2.78. The lowest BCUT2D eigenvalue weighted by Crippen LogP contribution is -2.05. The monoisotopic (exact) mass is 360 g/mol. The number of hydrogen-bond acceptors (Lipinski definition) is 1. The molecule has 4 heteroatoms. The van der Waals surface area contributed by atoms with Gasteiger partial charge in [0.15, 0.2) is 0 Å². The third kappa shape index (κ3) is 3.42. The molecule has 1 unspecified atom stereocenters. The Morgan fingerprint density at radius 3 is 2.41 bits per heavy atom. The number of benzene rings is 1. The van der Waals surface area contributed by atoms with Crippen molar-refractivity contribution in [1.82, 2.24) is 0 Å². The minimum Gasteiger partial charge on any atom is -0.478 e. The molecule has 0 fully saturated rings. The Morgan fingerprint density at radius 1 is 1.35 bits per heavy atom. The topological polar surface area (TPSA) is 37.3 Å². The van der Waals surface area contributed by atoms with Crippen LogP contribution >= 0.6 is 31.9 Å². The SMILES string of the molecule is CCC(C)c1ccccc1C(C(=O)O)=C(Br)Br. The van der Waals surface area contributed by atoms with Crippen molar-refractivity contribution in [2.24, 2.45) is 0 Å². The lowest BCUT2D eigenvalue weighted by molar-refractivity contribution is -0.130. The summed E-state index contributed by atoms with van der Waals surface area (Å²) in [5.74, 6) is -0.607. The molecule has 0 bridgehead atoms. The molecule has 0 saturated heterocycles. The molecular formula is C13H14Br2O2. The molecule has 0 heterocycles. The van der Waals surface area contributed by atoms with E-state index in [-0.39, 0.29) is 5.57 Å². The van der Waals surface area contributed by atoms with Gasteiger partial charge < -0.3 is 5.11 Å². The van der Waals surface area contributed by atoms with E-state index in [9.17, 15) is 9.90 Å².